The molecule has 0 aliphatic carbocycles. The van der Waals surface area contributed by atoms with Crippen molar-refractivity contribution in [3.05, 3.63) is 42.0 Å². The van der Waals surface area contributed by atoms with Crippen molar-refractivity contribution < 1.29 is 8.42 Å². The van der Waals surface area contributed by atoms with Gasteiger partial charge in [0.2, 0.25) is 0 Å². The Morgan fingerprint density at radius 3 is 2.08 bits per heavy atom. The third-order valence-electron chi connectivity index (χ3n) is 4.73. The van der Waals surface area contributed by atoms with Gasteiger partial charge in [-0.3, -0.25) is 0 Å². The number of sulfone groups is 1. The highest BCUT2D eigenvalue weighted by atomic mass is 32.2. The summed E-state index contributed by atoms with van der Waals surface area (Å²) in [5.74, 6) is 0.822. The summed E-state index contributed by atoms with van der Waals surface area (Å²) in [6, 6.07) is 5.99. The SMILES string of the molecule is C=CCCCCCCCCS(=O)(=O)c1cc(C(C)C)ccc1C(C)C. The smallest absolute Gasteiger partial charge is 0.178 e. The summed E-state index contributed by atoms with van der Waals surface area (Å²) in [5.41, 5.74) is 2.05. The topological polar surface area (TPSA) is 34.1 Å². The molecule has 3 heteroatoms. The van der Waals surface area contributed by atoms with Gasteiger partial charge < -0.3 is 0 Å². The van der Waals surface area contributed by atoms with Crippen LogP contribution in [-0.4, -0.2) is 14.2 Å². The molecule has 0 heterocycles. The standard InChI is InChI=1S/C22H36O2S/c1-6-7-8-9-10-11-12-13-16-25(23,24)22-17-20(18(2)3)14-15-21(22)19(4)5/h6,14-15,17-19H,1,7-13,16H2,2-5H3. The number of unbranched alkanes of at least 4 members (excludes halogenated alkanes) is 6. The molecular formula is C22H36O2S. The van der Waals surface area contributed by atoms with Gasteiger partial charge in [-0.15, -0.1) is 6.58 Å². The van der Waals surface area contributed by atoms with Crippen molar-refractivity contribution in [3.8, 4) is 0 Å². The van der Waals surface area contributed by atoms with E-state index in [1.807, 2.05) is 18.2 Å². The first-order valence-corrected chi connectivity index (χ1v) is 11.4. The van der Waals surface area contributed by atoms with Crippen LogP contribution >= 0.6 is 0 Å². The second-order valence-electron chi connectivity index (χ2n) is 7.62. The molecule has 0 saturated carbocycles. The maximum absolute atomic E-state index is 12.9. The molecule has 0 bridgehead atoms. The minimum absolute atomic E-state index is 0.218. The Morgan fingerprint density at radius 2 is 1.52 bits per heavy atom. The Bertz CT molecular complexity index is 627. The highest BCUT2D eigenvalue weighted by Crippen LogP contribution is 2.29. The van der Waals surface area contributed by atoms with E-state index in [1.54, 1.807) is 0 Å². The van der Waals surface area contributed by atoms with Crippen LogP contribution in [0.3, 0.4) is 0 Å². The lowest BCUT2D eigenvalue weighted by Crippen LogP contribution is -2.11. The zero-order valence-electron chi connectivity index (χ0n) is 16.6. The normalized spacial score (nSPS) is 12.1. The lowest BCUT2D eigenvalue weighted by Gasteiger charge is -2.16. The highest BCUT2D eigenvalue weighted by molar-refractivity contribution is 7.91. The van der Waals surface area contributed by atoms with Gasteiger partial charge in [0.05, 0.1) is 10.6 Å². The zero-order chi connectivity index (χ0) is 18.9. The van der Waals surface area contributed by atoms with Crippen molar-refractivity contribution in [3.63, 3.8) is 0 Å². The number of benzene rings is 1. The Balaban J connectivity index is 2.68. The van der Waals surface area contributed by atoms with Crippen LogP contribution in [-0.2, 0) is 9.84 Å². The molecule has 1 aromatic rings. The molecule has 0 amide bonds. The molecule has 0 unspecified atom stereocenters. The Labute approximate surface area is 155 Å². The molecule has 0 radical (unpaired) electrons. The summed E-state index contributed by atoms with van der Waals surface area (Å²) < 4.78 is 25.8. The molecule has 142 valence electrons. The van der Waals surface area contributed by atoms with Gasteiger partial charge >= 0.3 is 0 Å². The molecule has 1 aromatic carbocycles. The molecule has 0 aliphatic heterocycles. The molecule has 0 spiro atoms. The average molecular weight is 365 g/mol. The third-order valence-corrected chi connectivity index (χ3v) is 6.58. The summed E-state index contributed by atoms with van der Waals surface area (Å²) in [5, 5.41) is 0. The van der Waals surface area contributed by atoms with E-state index < -0.39 is 9.84 Å². The van der Waals surface area contributed by atoms with E-state index in [0.29, 0.717) is 10.8 Å². The summed E-state index contributed by atoms with van der Waals surface area (Å²) >= 11 is 0. The fraction of sp³-hybridized carbons (Fsp3) is 0.636. The molecule has 0 saturated heterocycles. The van der Waals surface area contributed by atoms with Crippen molar-refractivity contribution in [2.75, 3.05) is 5.75 Å². The lowest BCUT2D eigenvalue weighted by atomic mass is 9.97. The summed E-state index contributed by atoms with van der Waals surface area (Å²) in [4.78, 5) is 0.555. The van der Waals surface area contributed by atoms with Crippen LogP contribution < -0.4 is 0 Å². The largest absolute Gasteiger partial charge is 0.224 e. The monoisotopic (exact) mass is 364 g/mol. The van der Waals surface area contributed by atoms with Crippen LogP contribution in [0.1, 0.15) is 95.6 Å². The van der Waals surface area contributed by atoms with Crippen molar-refractivity contribution >= 4 is 9.84 Å². The Hall–Kier alpha value is -1.09. The zero-order valence-corrected chi connectivity index (χ0v) is 17.4. The van der Waals surface area contributed by atoms with Crippen molar-refractivity contribution in [1.29, 1.82) is 0 Å². The van der Waals surface area contributed by atoms with Gasteiger partial charge in [0, 0.05) is 0 Å². The predicted octanol–water partition coefficient (Wildman–Crippen LogP) is 6.62. The van der Waals surface area contributed by atoms with E-state index in [1.165, 1.54) is 19.3 Å². The second-order valence-corrected chi connectivity index (χ2v) is 9.70. The van der Waals surface area contributed by atoms with Gasteiger partial charge in [-0.1, -0.05) is 71.6 Å². The van der Waals surface area contributed by atoms with E-state index in [0.717, 1.165) is 36.8 Å². The number of rotatable bonds is 12. The number of hydrogen-bond acceptors (Lipinski definition) is 2. The maximum atomic E-state index is 12.9. The minimum atomic E-state index is -3.21. The molecule has 0 fully saturated rings. The first kappa shape index (κ1) is 22.0. The van der Waals surface area contributed by atoms with Crippen molar-refractivity contribution in [1.82, 2.24) is 0 Å². The van der Waals surface area contributed by atoms with Crippen molar-refractivity contribution in [2.45, 2.75) is 89.4 Å². The summed E-state index contributed by atoms with van der Waals surface area (Å²) in [6.45, 7) is 12.1. The van der Waals surface area contributed by atoms with Gasteiger partial charge in [-0.2, -0.15) is 0 Å². The first-order chi connectivity index (χ1) is 11.8. The van der Waals surface area contributed by atoms with E-state index in [2.05, 4.69) is 40.3 Å². The second kappa shape index (κ2) is 10.8. The molecule has 0 N–H and O–H groups in total. The van der Waals surface area contributed by atoms with E-state index >= 15 is 0 Å². The van der Waals surface area contributed by atoms with Gasteiger partial charge in [-0.05, 0) is 48.3 Å². The average Bonchev–Trinajstić information content (AvgIpc) is 2.56. The number of hydrogen-bond donors (Lipinski definition) is 0. The minimum Gasteiger partial charge on any atom is -0.224 e. The first-order valence-electron chi connectivity index (χ1n) is 9.77. The summed E-state index contributed by atoms with van der Waals surface area (Å²) in [6.07, 6.45) is 9.52. The van der Waals surface area contributed by atoms with Crippen molar-refractivity contribution in [2.24, 2.45) is 0 Å². The van der Waals surface area contributed by atoms with Gasteiger partial charge in [0.15, 0.2) is 9.84 Å². The molecule has 0 aromatic heterocycles. The molecule has 0 atom stereocenters. The van der Waals surface area contributed by atoms with E-state index in [4.69, 9.17) is 0 Å². The Kier molecular flexibility index (Phi) is 9.48. The van der Waals surface area contributed by atoms with E-state index in [9.17, 15) is 8.42 Å². The van der Waals surface area contributed by atoms with Crippen LogP contribution in [0.4, 0.5) is 0 Å². The fourth-order valence-corrected chi connectivity index (χ4v) is 4.84. The number of allylic oxidation sites excluding steroid dienone is 1. The third kappa shape index (κ3) is 7.35. The van der Waals surface area contributed by atoms with E-state index in [-0.39, 0.29) is 11.7 Å². The molecule has 0 aliphatic rings. The molecule has 1 rings (SSSR count). The molecule has 2 nitrogen and oxygen atoms in total. The maximum Gasteiger partial charge on any atom is 0.178 e. The van der Waals surface area contributed by atoms with Crippen LogP contribution in [0.5, 0.6) is 0 Å². The van der Waals surface area contributed by atoms with Crippen LogP contribution in [0.2, 0.25) is 0 Å². The van der Waals surface area contributed by atoms with Gasteiger partial charge in [0.25, 0.3) is 0 Å². The van der Waals surface area contributed by atoms with Crippen LogP contribution in [0.15, 0.2) is 35.7 Å². The molecular weight excluding hydrogens is 328 g/mol. The summed E-state index contributed by atoms with van der Waals surface area (Å²) in [7, 11) is -3.21. The predicted molar refractivity (Wildman–Crippen MR) is 109 cm³/mol. The van der Waals surface area contributed by atoms with Gasteiger partial charge in [0.1, 0.15) is 0 Å². The fourth-order valence-electron chi connectivity index (χ4n) is 3.05. The quantitative estimate of drug-likeness (QED) is 0.308. The Morgan fingerprint density at radius 1 is 0.920 bits per heavy atom. The van der Waals surface area contributed by atoms with Crippen LogP contribution in [0.25, 0.3) is 0 Å². The van der Waals surface area contributed by atoms with Crippen LogP contribution in [0, 0.1) is 0 Å². The molecule has 25 heavy (non-hydrogen) atoms. The lowest BCUT2D eigenvalue weighted by molar-refractivity contribution is 0.579. The van der Waals surface area contributed by atoms with Gasteiger partial charge in [-0.25, -0.2) is 8.42 Å². The highest BCUT2D eigenvalue weighted by Gasteiger charge is 2.21.